The predicted molar refractivity (Wildman–Crippen MR) is 86.1 cm³/mol. The van der Waals surface area contributed by atoms with Crippen molar-refractivity contribution in [1.82, 2.24) is 0 Å². The van der Waals surface area contributed by atoms with Crippen molar-refractivity contribution in [2.24, 2.45) is 0 Å². The number of anilines is 2. The molecule has 0 atom stereocenters. The van der Waals surface area contributed by atoms with Gasteiger partial charge in [0.25, 0.3) is 5.91 Å². The second kappa shape index (κ2) is 5.87. The molecule has 0 saturated carbocycles. The first-order valence-corrected chi connectivity index (χ1v) is 8.62. The molecule has 1 amide bonds. The van der Waals surface area contributed by atoms with Crippen molar-refractivity contribution in [3.8, 4) is 0 Å². The van der Waals surface area contributed by atoms with Crippen molar-refractivity contribution in [2.75, 3.05) is 17.3 Å². The summed E-state index contributed by atoms with van der Waals surface area (Å²) >= 11 is 3.29. The van der Waals surface area contributed by atoms with Crippen LogP contribution in [0.2, 0.25) is 0 Å². The van der Waals surface area contributed by atoms with Crippen LogP contribution in [0, 0.1) is 0 Å². The van der Waals surface area contributed by atoms with Gasteiger partial charge in [-0.25, -0.2) is 8.42 Å². The average molecular weight is 369 g/mol. The van der Waals surface area contributed by atoms with Gasteiger partial charge >= 0.3 is 0 Å². The molecule has 0 fully saturated rings. The summed E-state index contributed by atoms with van der Waals surface area (Å²) in [5, 5.41) is 2.69. The van der Waals surface area contributed by atoms with Gasteiger partial charge in [0.15, 0.2) is 9.84 Å². The van der Waals surface area contributed by atoms with E-state index >= 15 is 0 Å². The highest BCUT2D eigenvalue weighted by Crippen LogP contribution is 2.21. The van der Waals surface area contributed by atoms with Crippen LogP contribution in [0.5, 0.6) is 0 Å². The van der Waals surface area contributed by atoms with E-state index in [1.165, 1.54) is 24.3 Å². The lowest BCUT2D eigenvalue weighted by Crippen LogP contribution is -2.13. The van der Waals surface area contributed by atoms with E-state index in [0.717, 1.165) is 6.26 Å². The molecule has 0 saturated heterocycles. The highest BCUT2D eigenvalue weighted by atomic mass is 79.9. The number of sulfone groups is 1. The van der Waals surface area contributed by atoms with E-state index in [1.54, 1.807) is 18.2 Å². The Balaban J connectivity index is 2.22. The summed E-state index contributed by atoms with van der Waals surface area (Å²) in [5.74, 6) is -0.332. The Bertz CT molecular complexity index is 786. The van der Waals surface area contributed by atoms with Gasteiger partial charge in [-0.3, -0.25) is 4.79 Å². The number of carbonyl (C=O) groups is 1. The van der Waals surface area contributed by atoms with Gasteiger partial charge in [0.2, 0.25) is 0 Å². The number of nitrogens with two attached hydrogens (primary N) is 1. The van der Waals surface area contributed by atoms with Crippen LogP contribution in [-0.4, -0.2) is 20.6 Å². The van der Waals surface area contributed by atoms with Crippen molar-refractivity contribution >= 4 is 43.0 Å². The highest BCUT2D eigenvalue weighted by molar-refractivity contribution is 9.10. The minimum Gasteiger partial charge on any atom is -0.399 e. The maximum absolute atomic E-state index is 12.2. The van der Waals surface area contributed by atoms with Gasteiger partial charge in [0.05, 0.1) is 10.5 Å². The van der Waals surface area contributed by atoms with E-state index in [9.17, 15) is 13.2 Å². The van der Waals surface area contributed by atoms with Crippen LogP contribution in [0.25, 0.3) is 0 Å². The van der Waals surface area contributed by atoms with Gasteiger partial charge in [-0.15, -0.1) is 0 Å². The van der Waals surface area contributed by atoms with Crippen LogP contribution >= 0.6 is 15.9 Å². The maximum atomic E-state index is 12.2. The smallest absolute Gasteiger partial charge is 0.256 e. The third kappa shape index (κ3) is 3.83. The Morgan fingerprint density at radius 2 is 1.76 bits per heavy atom. The Morgan fingerprint density at radius 1 is 1.14 bits per heavy atom. The Labute approximate surface area is 131 Å². The summed E-state index contributed by atoms with van der Waals surface area (Å²) in [4.78, 5) is 12.4. The quantitative estimate of drug-likeness (QED) is 0.815. The molecule has 5 nitrogen and oxygen atoms in total. The van der Waals surface area contributed by atoms with Gasteiger partial charge in [-0.1, -0.05) is 0 Å². The normalized spacial score (nSPS) is 11.1. The molecule has 110 valence electrons. The van der Waals surface area contributed by atoms with Crippen molar-refractivity contribution < 1.29 is 13.2 Å². The number of hydrogen-bond acceptors (Lipinski definition) is 4. The molecule has 0 radical (unpaired) electrons. The van der Waals surface area contributed by atoms with Gasteiger partial charge in [-0.2, -0.15) is 0 Å². The molecule has 2 aromatic carbocycles. The number of rotatable bonds is 3. The largest absolute Gasteiger partial charge is 0.399 e. The fourth-order valence-corrected chi connectivity index (χ4v) is 2.76. The van der Waals surface area contributed by atoms with Crippen molar-refractivity contribution in [1.29, 1.82) is 0 Å². The number of nitrogens with one attached hydrogen (secondary N) is 1. The molecule has 7 heteroatoms. The van der Waals surface area contributed by atoms with E-state index in [1.807, 2.05) is 0 Å². The van der Waals surface area contributed by atoms with Crippen molar-refractivity contribution in [3.05, 3.63) is 52.5 Å². The first-order valence-electron chi connectivity index (χ1n) is 5.94. The maximum Gasteiger partial charge on any atom is 0.256 e. The highest BCUT2D eigenvalue weighted by Gasteiger charge is 2.12. The molecule has 0 spiro atoms. The van der Waals surface area contributed by atoms with E-state index in [0.29, 0.717) is 21.4 Å². The summed E-state index contributed by atoms with van der Waals surface area (Å²) in [7, 11) is -3.25. The predicted octanol–water partition coefficient (Wildman–Crippen LogP) is 2.69. The lowest BCUT2D eigenvalue weighted by Gasteiger charge is -2.08. The Morgan fingerprint density at radius 3 is 2.33 bits per heavy atom. The summed E-state index contributed by atoms with van der Waals surface area (Å²) in [5.41, 5.74) is 7.05. The zero-order valence-corrected chi connectivity index (χ0v) is 13.5. The molecule has 0 aliphatic carbocycles. The number of hydrogen-bond donors (Lipinski definition) is 2. The number of nitrogen functional groups attached to an aromatic ring is 1. The molecule has 0 unspecified atom stereocenters. The first-order chi connectivity index (χ1) is 9.77. The average Bonchev–Trinajstić information content (AvgIpc) is 2.41. The van der Waals surface area contributed by atoms with Crippen LogP contribution in [0.15, 0.2) is 51.8 Å². The van der Waals surface area contributed by atoms with Crippen LogP contribution < -0.4 is 11.1 Å². The SMILES string of the molecule is CS(=O)(=O)c1ccc(NC(=O)c2cc(N)ccc2Br)cc1. The number of halogens is 1. The van der Waals surface area contributed by atoms with Crippen molar-refractivity contribution in [2.45, 2.75) is 4.90 Å². The molecule has 3 N–H and O–H groups in total. The third-order valence-electron chi connectivity index (χ3n) is 2.78. The van der Waals surface area contributed by atoms with E-state index < -0.39 is 9.84 Å². The first kappa shape index (κ1) is 15.5. The molecule has 0 bridgehead atoms. The minimum atomic E-state index is -3.25. The van der Waals surface area contributed by atoms with Crippen LogP contribution in [0.4, 0.5) is 11.4 Å². The lowest BCUT2D eigenvalue weighted by atomic mass is 10.2. The van der Waals surface area contributed by atoms with Crippen LogP contribution in [0.1, 0.15) is 10.4 Å². The zero-order valence-electron chi connectivity index (χ0n) is 11.1. The van der Waals surface area contributed by atoms with Crippen LogP contribution in [0.3, 0.4) is 0 Å². The van der Waals surface area contributed by atoms with Crippen molar-refractivity contribution in [3.63, 3.8) is 0 Å². The standard InChI is InChI=1S/C14H13BrN2O3S/c1-21(19,20)11-5-3-10(4-6-11)17-14(18)12-8-9(16)2-7-13(12)15/h2-8H,16H2,1H3,(H,17,18). The fraction of sp³-hybridized carbons (Fsp3) is 0.0714. The number of carbonyl (C=O) groups excluding carboxylic acids is 1. The number of amides is 1. The monoisotopic (exact) mass is 368 g/mol. The van der Waals surface area contributed by atoms with Gasteiger partial charge in [0.1, 0.15) is 0 Å². The molecule has 0 heterocycles. The summed E-state index contributed by atoms with van der Waals surface area (Å²) < 4.78 is 23.4. The second-order valence-corrected chi connectivity index (χ2v) is 7.36. The summed E-state index contributed by atoms with van der Waals surface area (Å²) in [6.45, 7) is 0. The fourth-order valence-electron chi connectivity index (χ4n) is 1.70. The lowest BCUT2D eigenvalue weighted by molar-refractivity contribution is 0.102. The summed E-state index contributed by atoms with van der Waals surface area (Å²) in [6, 6.07) is 10.9. The number of benzene rings is 2. The third-order valence-corrected chi connectivity index (χ3v) is 4.60. The summed E-state index contributed by atoms with van der Waals surface area (Å²) in [6.07, 6.45) is 1.13. The minimum absolute atomic E-state index is 0.200. The topological polar surface area (TPSA) is 89.3 Å². The Hall–Kier alpha value is -1.86. The van der Waals surface area contributed by atoms with Gasteiger partial charge in [0, 0.05) is 22.1 Å². The molecule has 2 rings (SSSR count). The molecule has 2 aromatic rings. The van der Waals surface area contributed by atoms with Gasteiger partial charge < -0.3 is 11.1 Å². The molecular weight excluding hydrogens is 356 g/mol. The molecular formula is C14H13BrN2O3S. The zero-order chi connectivity index (χ0) is 15.6. The molecule has 0 aromatic heterocycles. The molecule has 21 heavy (non-hydrogen) atoms. The van der Waals surface area contributed by atoms with E-state index in [4.69, 9.17) is 5.73 Å². The van der Waals surface area contributed by atoms with E-state index in [2.05, 4.69) is 21.2 Å². The second-order valence-electron chi connectivity index (χ2n) is 4.49. The van der Waals surface area contributed by atoms with Crippen LogP contribution in [-0.2, 0) is 9.84 Å². The Kier molecular flexibility index (Phi) is 4.34. The van der Waals surface area contributed by atoms with Gasteiger partial charge in [-0.05, 0) is 58.4 Å². The molecule has 0 aliphatic heterocycles. The molecule has 0 aliphatic rings. The van der Waals surface area contributed by atoms with E-state index in [-0.39, 0.29) is 10.8 Å².